The van der Waals surface area contributed by atoms with Gasteiger partial charge < -0.3 is 9.84 Å². The zero-order valence-electron chi connectivity index (χ0n) is 7.37. The largest absolute Gasteiger partial charge is 0.504 e. The second kappa shape index (κ2) is 4.00. The van der Waals surface area contributed by atoms with Gasteiger partial charge in [0, 0.05) is 12.0 Å². The minimum Gasteiger partial charge on any atom is -0.504 e. The number of methoxy groups -OCH3 is 1. The van der Waals surface area contributed by atoms with Gasteiger partial charge in [0.1, 0.15) is 5.76 Å². The van der Waals surface area contributed by atoms with Crippen molar-refractivity contribution < 1.29 is 9.84 Å². The lowest BCUT2D eigenvalue weighted by Crippen LogP contribution is -2.01. The summed E-state index contributed by atoms with van der Waals surface area (Å²) in [5, 5.41) is 9.56. The number of aliphatic hydroxyl groups excluding tert-OH is 1. The van der Waals surface area contributed by atoms with Crippen LogP contribution in [-0.4, -0.2) is 12.2 Å². The summed E-state index contributed by atoms with van der Waals surface area (Å²) in [5.74, 6) is 0.785. The first-order valence-corrected chi connectivity index (χ1v) is 3.93. The van der Waals surface area contributed by atoms with E-state index in [1.807, 2.05) is 31.6 Å². The molecule has 0 aromatic rings. The molecule has 0 heterocycles. The van der Waals surface area contributed by atoms with Gasteiger partial charge in [0.2, 0.25) is 0 Å². The van der Waals surface area contributed by atoms with E-state index in [2.05, 4.69) is 0 Å². The van der Waals surface area contributed by atoms with Crippen LogP contribution in [0.5, 0.6) is 0 Å². The first-order valence-electron chi connectivity index (χ1n) is 3.93. The third-order valence-electron chi connectivity index (χ3n) is 1.71. The quantitative estimate of drug-likeness (QED) is 0.681. The predicted octanol–water partition coefficient (Wildman–Crippen LogP) is 2.51. The molecule has 0 aromatic heterocycles. The lowest BCUT2D eigenvalue weighted by Gasteiger charge is -2.13. The molecule has 0 atom stereocenters. The van der Waals surface area contributed by atoms with Crippen molar-refractivity contribution in [3.05, 3.63) is 41.7 Å². The number of hydrogen-bond acceptors (Lipinski definition) is 2. The molecular weight excluding hydrogens is 152 g/mol. The average molecular weight is 165 g/mol. The van der Waals surface area contributed by atoms with Crippen molar-refractivity contribution in [2.75, 3.05) is 7.11 Å². The molecule has 12 heavy (non-hydrogen) atoms. The second-order valence-electron chi connectivity index (χ2n) is 2.52. The normalized spacial score (nSPS) is 18.3. The van der Waals surface area contributed by atoms with Gasteiger partial charge in [-0.05, 0) is 13.3 Å². The summed E-state index contributed by atoms with van der Waals surface area (Å²) in [5.41, 5.74) is 0.830. The molecule has 1 aliphatic rings. The average Bonchev–Trinajstić information content (AvgIpc) is 2.09. The van der Waals surface area contributed by atoms with E-state index in [1.165, 1.54) is 0 Å². The van der Waals surface area contributed by atoms with E-state index in [-0.39, 0.29) is 5.76 Å². The predicted molar refractivity (Wildman–Crippen MR) is 48.5 cm³/mol. The third-order valence-corrected chi connectivity index (χ3v) is 1.71. The van der Waals surface area contributed by atoms with Crippen molar-refractivity contribution in [1.82, 2.24) is 0 Å². The van der Waals surface area contributed by atoms with Gasteiger partial charge in [0.05, 0.1) is 7.11 Å². The third kappa shape index (κ3) is 1.70. The Balaban J connectivity index is 2.89. The smallest absolute Gasteiger partial charge is 0.160 e. The summed E-state index contributed by atoms with van der Waals surface area (Å²) in [6.45, 7) is 1.92. The van der Waals surface area contributed by atoms with Gasteiger partial charge in [-0.2, -0.15) is 0 Å². The molecule has 0 aromatic carbocycles. The van der Waals surface area contributed by atoms with Crippen molar-refractivity contribution in [1.29, 1.82) is 0 Å². The minimum atomic E-state index is 0.224. The van der Waals surface area contributed by atoms with Crippen molar-refractivity contribution >= 4 is 0 Å². The Hall–Kier alpha value is -1.18. The van der Waals surface area contributed by atoms with Gasteiger partial charge in [-0.15, -0.1) is 0 Å². The van der Waals surface area contributed by atoms with Crippen LogP contribution in [-0.2, 0) is 4.74 Å². The number of hydrogen-bond donors (Lipinski definition) is 1. The molecule has 0 spiro atoms. The second-order valence-corrected chi connectivity index (χ2v) is 2.52. The lowest BCUT2D eigenvalue weighted by atomic mass is 10.0. The van der Waals surface area contributed by atoms with Crippen molar-refractivity contribution in [3.8, 4) is 0 Å². The molecule has 65 valence electrons. The van der Waals surface area contributed by atoms with E-state index >= 15 is 0 Å². The Morgan fingerprint density at radius 2 is 2.33 bits per heavy atom. The summed E-state index contributed by atoms with van der Waals surface area (Å²) in [7, 11) is 1.56. The molecule has 1 aliphatic carbocycles. The zero-order valence-corrected chi connectivity index (χ0v) is 7.37. The molecule has 0 aliphatic heterocycles. The van der Waals surface area contributed by atoms with Crippen molar-refractivity contribution in [3.63, 3.8) is 0 Å². The highest BCUT2D eigenvalue weighted by atomic mass is 16.5. The molecule has 1 radical (unpaired) electrons. The van der Waals surface area contributed by atoms with Crippen LogP contribution in [0.15, 0.2) is 35.3 Å². The van der Waals surface area contributed by atoms with E-state index in [4.69, 9.17) is 4.74 Å². The molecule has 0 saturated heterocycles. The van der Waals surface area contributed by atoms with Crippen LogP contribution >= 0.6 is 0 Å². The highest BCUT2D eigenvalue weighted by molar-refractivity contribution is 5.42. The maximum absolute atomic E-state index is 9.56. The molecule has 0 amide bonds. The Labute approximate surface area is 72.9 Å². The van der Waals surface area contributed by atoms with Crippen LogP contribution in [0.25, 0.3) is 0 Å². The van der Waals surface area contributed by atoms with Gasteiger partial charge in [0.25, 0.3) is 0 Å². The molecular formula is C10H13O2. The van der Waals surface area contributed by atoms with Crippen LogP contribution in [0.2, 0.25) is 0 Å². The standard InChI is InChI=1S/C10H13O2/c1-3-5-8-6-4-7-9(12-2)10(8)11/h3,5-7,11H,4H2,1-2H3. The van der Waals surface area contributed by atoms with E-state index in [0.717, 1.165) is 12.0 Å². The molecule has 1 N–H and O–H groups in total. The van der Waals surface area contributed by atoms with Crippen LogP contribution in [0.3, 0.4) is 0 Å². The summed E-state index contributed by atoms with van der Waals surface area (Å²) < 4.78 is 4.98. The zero-order chi connectivity index (χ0) is 8.97. The van der Waals surface area contributed by atoms with Crippen LogP contribution in [0, 0.1) is 6.42 Å². The molecule has 2 heteroatoms. The Morgan fingerprint density at radius 3 is 2.92 bits per heavy atom. The van der Waals surface area contributed by atoms with Crippen LogP contribution in [0.4, 0.5) is 0 Å². The summed E-state index contributed by atoms with van der Waals surface area (Å²) in [6, 6.07) is 0. The highest BCUT2D eigenvalue weighted by Crippen LogP contribution is 2.23. The summed E-state index contributed by atoms with van der Waals surface area (Å²) >= 11 is 0. The number of allylic oxidation sites excluding steroid dienone is 4. The van der Waals surface area contributed by atoms with E-state index in [1.54, 1.807) is 7.11 Å². The van der Waals surface area contributed by atoms with E-state index < -0.39 is 0 Å². The molecule has 0 unspecified atom stereocenters. The van der Waals surface area contributed by atoms with Crippen LogP contribution < -0.4 is 0 Å². The maximum Gasteiger partial charge on any atom is 0.160 e. The van der Waals surface area contributed by atoms with Gasteiger partial charge >= 0.3 is 0 Å². The molecule has 0 saturated carbocycles. The van der Waals surface area contributed by atoms with Crippen molar-refractivity contribution in [2.45, 2.75) is 13.3 Å². The topological polar surface area (TPSA) is 29.5 Å². The summed E-state index contributed by atoms with van der Waals surface area (Å²) in [4.78, 5) is 0. The molecule has 1 rings (SSSR count). The Bertz CT molecular complexity index is 247. The van der Waals surface area contributed by atoms with Gasteiger partial charge in [0.15, 0.2) is 5.76 Å². The SMILES string of the molecule is CC=CC1=CC[CH]C(OC)=C1O. The molecule has 0 fully saturated rings. The number of ether oxygens (including phenoxy) is 1. The maximum atomic E-state index is 9.56. The fraction of sp³-hybridized carbons (Fsp3) is 0.300. The summed E-state index contributed by atoms with van der Waals surface area (Å²) in [6.07, 6.45) is 8.37. The first-order chi connectivity index (χ1) is 5.79. The van der Waals surface area contributed by atoms with Gasteiger partial charge in [-0.1, -0.05) is 18.2 Å². The molecule has 2 nitrogen and oxygen atoms in total. The highest BCUT2D eigenvalue weighted by Gasteiger charge is 2.13. The Kier molecular flexibility index (Phi) is 2.97. The van der Waals surface area contributed by atoms with Crippen LogP contribution in [0.1, 0.15) is 13.3 Å². The lowest BCUT2D eigenvalue weighted by molar-refractivity contribution is 0.262. The first kappa shape index (κ1) is 8.91. The minimum absolute atomic E-state index is 0.224. The van der Waals surface area contributed by atoms with Crippen molar-refractivity contribution in [2.24, 2.45) is 0 Å². The number of rotatable bonds is 2. The Morgan fingerprint density at radius 1 is 1.58 bits per heavy atom. The monoisotopic (exact) mass is 165 g/mol. The fourth-order valence-electron chi connectivity index (χ4n) is 1.14. The van der Waals surface area contributed by atoms with Gasteiger partial charge in [-0.3, -0.25) is 0 Å². The fourth-order valence-corrected chi connectivity index (χ4v) is 1.14. The molecule has 0 bridgehead atoms. The van der Waals surface area contributed by atoms with E-state index in [0.29, 0.717) is 5.76 Å². The van der Waals surface area contributed by atoms with Gasteiger partial charge in [-0.25, -0.2) is 0 Å². The number of aliphatic hydroxyl groups is 1. The van der Waals surface area contributed by atoms with E-state index in [9.17, 15) is 5.11 Å².